The fourth-order valence-corrected chi connectivity index (χ4v) is 4.45. The van der Waals surface area contributed by atoms with Crippen molar-refractivity contribution < 1.29 is 13.2 Å². The van der Waals surface area contributed by atoms with Crippen LogP contribution in [0.3, 0.4) is 0 Å². The second kappa shape index (κ2) is 8.09. The average molecular weight is 353 g/mol. The van der Waals surface area contributed by atoms with Crippen LogP contribution in [-0.2, 0) is 10.0 Å². The molecule has 0 bridgehead atoms. The summed E-state index contributed by atoms with van der Waals surface area (Å²) in [4.78, 5) is 12.6. The fraction of sp³-hybridized carbons (Fsp3) is 0.588. The summed E-state index contributed by atoms with van der Waals surface area (Å²) in [7, 11) is -3.56. The molecule has 134 valence electrons. The van der Waals surface area contributed by atoms with Gasteiger partial charge in [-0.15, -0.1) is 0 Å². The van der Waals surface area contributed by atoms with Crippen molar-refractivity contribution in [1.82, 2.24) is 14.9 Å². The van der Waals surface area contributed by atoms with Gasteiger partial charge in [-0.1, -0.05) is 19.9 Å². The first-order valence-corrected chi connectivity index (χ1v) is 9.96. The number of carbonyl (C=O) groups is 1. The van der Waals surface area contributed by atoms with Gasteiger partial charge in [-0.05, 0) is 44.0 Å². The van der Waals surface area contributed by atoms with Crippen LogP contribution < -0.4 is 10.6 Å². The number of sulfonamides is 1. The van der Waals surface area contributed by atoms with Crippen LogP contribution in [0, 0.1) is 6.92 Å². The van der Waals surface area contributed by atoms with Crippen molar-refractivity contribution in [1.29, 1.82) is 0 Å². The lowest BCUT2D eigenvalue weighted by atomic mass is 10.1. The number of aryl methyl sites for hydroxylation is 1. The van der Waals surface area contributed by atoms with Crippen LogP contribution >= 0.6 is 0 Å². The molecule has 0 aromatic heterocycles. The molecular weight excluding hydrogens is 326 g/mol. The van der Waals surface area contributed by atoms with Gasteiger partial charge in [-0.25, -0.2) is 8.42 Å². The van der Waals surface area contributed by atoms with E-state index < -0.39 is 10.0 Å². The Morgan fingerprint density at radius 3 is 2.62 bits per heavy atom. The van der Waals surface area contributed by atoms with Crippen LogP contribution in [-0.4, -0.2) is 50.9 Å². The topological polar surface area (TPSA) is 78.5 Å². The Morgan fingerprint density at radius 2 is 2.04 bits per heavy atom. The predicted octanol–water partition coefficient (Wildman–Crippen LogP) is 1.51. The van der Waals surface area contributed by atoms with E-state index in [0.29, 0.717) is 31.2 Å². The van der Waals surface area contributed by atoms with Crippen molar-refractivity contribution in [2.45, 2.75) is 44.6 Å². The zero-order chi connectivity index (χ0) is 17.7. The van der Waals surface area contributed by atoms with Crippen molar-refractivity contribution in [3.8, 4) is 0 Å². The maximum Gasteiger partial charge on any atom is 0.251 e. The summed E-state index contributed by atoms with van der Waals surface area (Å²) in [6, 6.07) is 5.05. The van der Waals surface area contributed by atoms with Crippen LogP contribution in [0.15, 0.2) is 23.1 Å². The van der Waals surface area contributed by atoms with Gasteiger partial charge in [-0.2, -0.15) is 4.31 Å². The lowest BCUT2D eigenvalue weighted by Gasteiger charge is -2.19. The van der Waals surface area contributed by atoms with E-state index in [0.717, 1.165) is 24.9 Å². The SMILES string of the molecule is CCN(CC)S(=O)(=O)c1ccc(C)c(C(=O)NCC2CCCN2)c1. The van der Waals surface area contributed by atoms with E-state index in [2.05, 4.69) is 10.6 Å². The van der Waals surface area contributed by atoms with Crippen molar-refractivity contribution in [2.24, 2.45) is 0 Å². The summed E-state index contributed by atoms with van der Waals surface area (Å²) >= 11 is 0. The van der Waals surface area contributed by atoms with Gasteiger partial charge in [0.2, 0.25) is 10.0 Å². The number of nitrogens with zero attached hydrogens (tertiary/aromatic N) is 1. The van der Waals surface area contributed by atoms with E-state index in [9.17, 15) is 13.2 Å². The van der Waals surface area contributed by atoms with Gasteiger partial charge in [0.05, 0.1) is 4.90 Å². The zero-order valence-electron chi connectivity index (χ0n) is 14.6. The van der Waals surface area contributed by atoms with E-state index in [1.807, 2.05) is 6.92 Å². The summed E-state index contributed by atoms with van der Waals surface area (Å²) < 4.78 is 26.7. The maximum atomic E-state index is 12.6. The molecule has 2 rings (SSSR count). The molecule has 1 aliphatic rings. The van der Waals surface area contributed by atoms with Crippen LogP contribution in [0.1, 0.15) is 42.6 Å². The van der Waals surface area contributed by atoms with Crippen LogP contribution in [0.25, 0.3) is 0 Å². The lowest BCUT2D eigenvalue weighted by Crippen LogP contribution is -2.37. The maximum absolute atomic E-state index is 12.6. The highest BCUT2D eigenvalue weighted by atomic mass is 32.2. The highest BCUT2D eigenvalue weighted by Crippen LogP contribution is 2.19. The van der Waals surface area contributed by atoms with Gasteiger partial charge in [0.15, 0.2) is 0 Å². The lowest BCUT2D eigenvalue weighted by molar-refractivity contribution is 0.0949. The molecule has 2 N–H and O–H groups in total. The minimum atomic E-state index is -3.56. The molecule has 1 atom stereocenters. The summed E-state index contributed by atoms with van der Waals surface area (Å²) in [5.41, 5.74) is 1.19. The molecular formula is C17H27N3O3S. The molecule has 1 heterocycles. The number of nitrogens with one attached hydrogen (secondary N) is 2. The molecule has 0 aliphatic carbocycles. The minimum Gasteiger partial charge on any atom is -0.350 e. The Kier molecular flexibility index (Phi) is 6.37. The molecule has 1 fully saturated rings. The largest absolute Gasteiger partial charge is 0.350 e. The summed E-state index contributed by atoms with van der Waals surface area (Å²) in [5, 5.41) is 6.23. The molecule has 0 radical (unpaired) electrons. The summed E-state index contributed by atoms with van der Waals surface area (Å²) in [6.45, 7) is 7.77. The molecule has 24 heavy (non-hydrogen) atoms. The van der Waals surface area contributed by atoms with Crippen LogP contribution in [0.5, 0.6) is 0 Å². The van der Waals surface area contributed by atoms with Crippen LogP contribution in [0.4, 0.5) is 0 Å². The zero-order valence-corrected chi connectivity index (χ0v) is 15.4. The summed E-state index contributed by atoms with van der Waals surface area (Å²) in [6.07, 6.45) is 2.17. The van der Waals surface area contributed by atoms with Crippen molar-refractivity contribution in [3.63, 3.8) is 0 Å². The van der Waals surface area contributed by atoms with Crippen molar-refractivity contribution in [2.75, 3.05) is 26.2 Å². The normalized spacial score (nSPS) is 18.1. The number of benzene rings is 1. The van der Waals surface area contributed by atoms with Crippen molar-refractivity contribution >= 4 is 15.9 Å². The van der Waals surface area contributed by atoms with E-state index in [-0.39, 0.29) is 10.8 Å². The predicted molar refractivity (Wildman–Crippen MR) is 94.6 cm³/mol. The minimum absolute atomic E-state index is 0.168. The van der Waals surface area contributed by atoms with Gasteiger partial charge in [-0.3, -0.25) is 4.79 Å². The Bertz CT molecular complexity index is 678. The highest BCUT2D eigenvalue weighted by Gasteiger charge is 2.23. The first kappa shape index (κ1) is 18.9. The number of amides is 1. The average Bonchev–Trinajstić information content (AvgIpc) is 3.07. The standard InChI is InChI=1S/C17H27N3O3S/c1-4-20(5-2)24(22,23)15-9-8-13(3)16(11-15)17(21)19-12-14-7-6-10-18-14/h8-9,11,14,18H,4-7,10,12H2,1-3H3,(H,19,21). The second-order valence-corrected chi connectivity index (χ2v) is 8.01. The third kappa shape index (κ3) is 4.15. The molecule has 1 unspecified atom stereocenters. The molecule has 1 aromatic carbocycles. The molecule has 7 heteroatoms. The summed E-state index contributed by atoms with van der Waals surface area (Å²) in [5.74, 6) is -0.224. The smallest absolute Gasteiger partial charge is 0.251 e. The third-order valence-corrected chi connectivity index (χ3v) is 6.51. The Morgan fingerprint density at radius 1 is 1.33 bits per heavy atom. The molecule has 1 amide bonds. The van der Waals surface area contributed by atoms with Crippen LogP contribution in [0.2, 0.25) is 0 Å². The quantitative estimate of drug-likeness (QED) is 0.779. The first-order chi connectivity index (χ1) is 11.4. The van der Waals surface area contributed by atoms with E-state index in [1.54, 1.807) is 26.0 Å². The number of carbonyl (C=O) groups excluding carboxylic acids is 1. The number of hydrogen-bond donors (Lipinski definition) is 2. The van der Waals surface area contributed by atoms with E-state index in [1.165, 1.54) is 10.4 Å². The molecule has 1 saturated heterocycles. The molecule has 1 aliphatic heterocycles. The second-order valence-electron chi connectivity index (χ2n) is 6.07. The van der Waals surface area contributed by atoms with Crippen molar-refractivity contribution in [3.05, 3.63) is 29.3 Å². The Labute approximate surface area is 144 Å². The van der Waals surface area contributed by atoms with Gasteiger partial charge in [0.25, 0.3) is 5.91 Å². The van der Waals surface area contributed by atoms with Gasteiger partial charge in [0, 0.05) is 31.2 Å². The van der Waals surface area contributed by atoms with Gasteiger partial charge < -0.3 is 10.6 Å². The van der Waals surface area contributed by atoms with Gasteiger partial charge >= 0.3 is 0 Å². The molecule has 0 saturated carbocycles. The Hall–Kier alpha value is -1.44. The fourth-order valence-electron chi connectivity index (χ4n) is 2.96. The first-order valence-electron chi connectivity index (χ1n) is 8.52. The molecule has 0 spiro atoms. The van der Waals surface area contributed by atoms with Gasteiger partial charge in [0.1, 0.15) is 0 Å². The van der Waals surface area contributed by atoms with E-state index in [4.69, 9.17) is 0 Å². The molecule has 6 nitrogen and oxygen atoms in total. The van der Waals surface area contributed by atoms with E-state index >= 15 is 0 Å². The highest BCUT2D eigenvalue weighted by molar-refractivity contribution is 7.89. The number of rotatable bonds is 7. The third-order valence-electron chi connectivity index (χ3n) is 4.47. The Balaban J connectivity index is 2.19. The number of hydrogen-bond acceptors (Lipinski definition) is 4. The molecule has 1 aromatic rings. The monoisotopic (exact) mass is 353 g/mol.